The molecular weight excluding hydrogens is 532 g/mol. The normalized spacial score (nSPS) is 24.0. The Balaban J connectivity index is 1.78. The average molecular weight is 560 g/mol. The van der Waals surface area contributed by atoms with Gasteiger partial charge in [0, 0.05) is 48.3 Å². The van der Waals surface area contributed by atoms with Gasteiger partial charge in [0.2, 0.25) is 5.91 Å². The van der Waals surface area contributed by atoms with Crippen LogP contribution in [-0.2, 0) is 8.22 Å². The lowest BCUT2D eigenvalue weighted by Crippen LogP contribution is -3.43. The van der Waals surface area contributed by atoms with Crippen molar-refractivity contribution in [2.45, 2.75) is 37.2 Å². The van der Waals surface area contributed by atoms with E-state index in [2.05, 4.69) is 29.9 Å². The summed E-state index contributed by atoms with van der Waals surface area (Å²) in [6.07, 6.45) is 3.29. The van der Waals surface area contributed by atoms with Crippen LogP contribution in [0, 0.1) is 35.9 Å². The molecule has 4 rings (SSSR count). The molecule has 1 amide bonds. The van der Waals surface area contributed by atoms with E-state index in [0.29, 0.717) is 40.8 Å². The number of rotatable bonds is 3. The Morgan fingerprint density at radius 2 is 2.06 bits per heavy atom. The molecule has 6 nitrogen and oxygen atoms in total. The van der Waals surface area contributed by atoms with Crippen molar-refractivity contribution in [1.82, 2.24) is 14.9 Å². The fourth-order valence-electron chi connectivity index (χ4n) is 5.23. The molecular formula is C25H28FIN5O+. The summed E-state index contributed by atoms with van der Waals surface area (Å²) in [7, 11) is 0. The number of likely N-dealkylation sites (tertiary alicyclic amines) is 1. The number of halogens is 2. The first-order valence-corrected chi connectivity index (χ1v) is 12.2. The van der Waals surface area contributed by atoms with E-state index >= 15 is 4.39 Å². The van der Waals surface area contributed by atoms with Crippen molar-refractivity contribution < 1.29 is 31.8 Å². The van der Waals surface area contributed by atoms with Gasteiger partial charge in [0.05, 0.1) is 11.6 Å². The third-order valence-electron chi connectivity index (χ3n) is 6.84. The van der Waals surface area contributed by atoms with E-state index < -0.39 is 9.46 Å². The van der Waals surface area contributed by atoms with E-state index in [4.69, 9.17) is 5.73 Å². The maximum Gasteiger partial charge on any atom is 0.265 e. The second-order valence-corrected chi connectivity index (χ2v) is 11.1. The highest BCUT2D eigenvalue weighted by atomic mass is 127. The van der Waals surface area contributed by atoms with Crippen LogP contribution in [0.15, 0.2) is 30.6 Å². The van der Waals surface area contributed by atoms with Crippen molar-refractivity contribution in [2.75, 3.05) is 13.1 Å². The average Bonchev–Trinajstić information content (AvgIpc) is 3.19. The predicted molar refractivity (Wildman–Crippen MR) is 123 cm³/mol. The molecule has 3 N–H and O–H groups in total. The minimum atomic E-state index is -0.545. The number of amides is 1. The molecule has 0 spiro atoms. The Morgan fingerprint density at radius 3 is 2.64 bits per heavy atom. The summed E-state index contributed by atoms with van der Waals surface area (Å²) in [5.41, 5.74) is 9.97. The van der Waals surface area contributed by atoms with Gasteiger partial charge in [-0.25, -0.2) is 9.37 Å². The maximum atomic E-state index is 15.9. The highest BCUT2D eigenvalue weighted by Gasteiger charge is 2.55. The molecule has 0 saturated carbocycles. The van der Waals surface area contributed by atoms with Crippen LogP contribution in [0.3, 0.4) is 0 Å². The van der Waals surface area contributed by atoms with Gasteiger partial charge in [0.15, 0.2) is 3.42 Å². The van der Waals surface area contributed by atoms with Crippen LogP contribution in [0.25, 0.3) is 22.2 Å². The summed E-state index contributed by atoms with van der Waals surface area (Å²) in [6, 6.07) is 7.02. The van der Waals surface area contributed by atoms with Gasteiger partial charge in [-0.05, 0) is 42.7 Å². The second kappa shape index (κ2) is 8.69. The number of H-pyrrole nitrogens is 1. The molecule has 3 aromatic rings. The van der Waals surface area contributed by atoms with Crippen molar-refractivity contribution in [1.29, 1.82) is 5.26 Å². The Morgan fingerprint density at radius 1 is 1.39 bits per heavy atom. The van der Waals surface area contributed by atoms with E-state index in [-0.39, 0.29) is 23.6 Å². The molecule has 0 aliphatic carbocycles. The van der Waals surface area contributed by atoms with Crippen molar-refractivity contribution >= 4 is 16.9 Å². The topological polar surface area (TPSA) is 98.8 Å². The number of nitriles is 1. The zero-order valence-electron chi connectivity index (χ0n) is 19.1. The highest BCUT2D eigenvalue weighted by Crippen LogP contribution is 2.41. The third kappa shape index (κ3) is 3.81. The third-order valence-corrected chi connectivity index (χ3v) is 9.72. The van der Waals surface area contributed by atoms with Gasteiger partial charge in [-0.2, -0.15) is 5.26 Å². The lowest BCUT2D eigenvalue weighted by molar-refractivity contribution is -0.522. The first-order valence-electron chi connectivity index (χ1n) is 11.0. The van der Waals surface area contributed by atoms with Gasteiger partial charge in [-0.15, -0.1) is 0 Å². The number of aromatic nitrogens is 2. The second-order valence-electron chi connectivity index (χ2n) is 9.17. The van der Waals surface area contributed by atoms with Crippen LogP contribution < -0.4 is 28.3 Å². The fraction of sp³-hybridized carbons (Fsp3) is 0.400. The molecule has 1 fully saturated rings. The number of aromatic amines is 1. The number of nitrogens with two attached hydrogens (primary N) is 1. The Hall–Kier alpha value is -2.51. The molecule has 1 aliphatic rings. The number of fused-ring (bicyclic) bond motifs is 1. The van der Waals surface area contributed by atoms with Crippen LogP contribution in [0.2, 0.25) is 0 Å². The number of hydrogen-bond acceptors (Lipinski definition) is 4. The molecule has 1 aromatic carbocycles. The smallest absolute Gasteiger partial charge is 0.265 e. The number of nitrogens with zero attached hydrogens (tertiary/aromatic N) is 3. The summed E-state index contributed by atoms with van der Waals surface area (Å²) in [5.74, 6) is -0.225. The monoisotopic (exact) mass is 560 g/mol. The van der Waals surface area contributed by atoms with E-state index in [1.165, 1.54) is 0 Å². The van der Waals surface area contributed by atoms with Gasteiger partial charge in [-0.3, -0.25) is 4.79 Å². The molecule has 0 radical (unpaired) electrons. The standard InChI is InChI=1S/C25H28FIN5O/c1-13-7-17(19-5-6-30-23-21(19)18(9-28)10-31-23)8-20(26)22(13)25(27)14(2)11-32(12-15(25)3)24(33)16(4)29/h5-8,10,14-16,27H,11-12,29H2,1-4H3,(H,30,31)/q+1/t14-,15+,16-,25?/m0/s1. The molecule has 172 valence electrons. The zero-order chi connectivity index (χ0) is 24.1. The lowest BCUT2D eigenvalue weighted by Gasteiger charge is -2.44. The largest absolute Gasteiger partial charge is 0.345 e. The Kier molecular flexibility index (Phi) is 6.22. The van der Waals surface area contributed by atoms with Crippen LogP contribution >= 0.6 is 0 Å². The summed E-state index contributed by atoms with van der Waals surface area (Å²) < 4.78 is 15.4. The van der Waals surface area contributed by atoms with Crippen molar-refractivity contribution in [2.24, 2.45) is 17.6 Å². The molecule has 0 bridgehead atoms. The Labute approximate surface area is 206 Å². The quantitative estimate of drug-likeness (QED) is 0.360. The summed E-state index contributed by atoms with van der Waals surface area (Å²) in [4.78, 5) is 21.6. The first-order chi connectivity index (χ1) is 15.6. The number of carbonyl (C=O) groups excluding carboxylic acids is 1. The van der Waals surface area contributed by atoms with E-state index in [9.17, 15) is 10.1 Å². The number of aryl methyl sites for hydroxylation is 1. The van der Waals surface area contributed by atoms with Crippen molar-refractivity contribution in [3.05, 3.63) is 53.1 Å². The number of nitrogens with one attached hydrogen (secondary N) is 1. The number of benzene rings is 1. The minimum absolute atomic E-state index is 0.0512. The Bertz CT molecular complexity index is 1240. The minimum Gasteiger partial charge on any atom is -0.345 e. The molecule has 3 heterocycles. The number of alkyl halides is 1. The van der Waals surface area contributed by atoms with Crippen LogP contribution in [0.1, 0.15) is 37.5 Å². The SMILES string of the molecule is Cc1cc(-c2ccnc3[nH]cc(C#N)c23)cc(F)c1C1([IH+])[C@H](C)CN(C(=O)[C@H](C)N)C[C@@H]1C. The molecule has 2 aromatic heterocycles. The fourth-order valence-corrected chi connectivity index (χ4v) is 6.40. The molecule has 33 heavy (non-hydrogen) atoms. The van der Waals surface area contributed by atoms with Gasteiger partial charge in [0.25, 0.3) is 22.6 Å². The van der Waals surface area contributed by atoms with Crippen molar-refractivity contribution in [3.63, 3.8) is 0 Å². The number of pyridine rings is 1. The highest BCUT2D eigenvalue weighted by molar-refractivity contribution is 5.97. The summed E-state index contributed by atoms with van der Waals surface area (Å²) >= 11 is 2.01. The summed E-state index contributed by atoms with van der Waals surface area (Å²) in [6.45, 7) is 8.89. The molecule has 1 saturated heterocycles. The van der Waals surface area contributed by atoms with Crippen LogP contribution in [0.5, 0.6) is 0 Å². The predicted octanol–water partition coefficient (Wildman–Crippen LogP) is 0.492. The van der Waals surface area contributed by atoms with Crippen LogP contribution in [-0.4, -0.2) is 39.9 Å². The van der Waals surface area contributed by atoms with Gasteiger partial charge < -0.3 is 15.6 Å². The van der Waals surface area contributed by atoms with E-state index in [1.807, 2.05) is 46.5 Å². The number of piperidine rings is 1. The van der Waals surface area contributed by atoms with Crippen molar-refractivity contribution in [3.8, 4) is 17.2 Å². The van der Waals surface area contributed by atoms with Gasteiger partial charge in [-0.1, -0.05) is 19.9 Å². The maximum absolute atomic E-state index is 15.9. The molecule has 1 aliphatic heterocycles. The number of carbonyl (C=O) groups is 1. The van der Waals surface area contributed by atoms with Gasteiger partial charge >= 0.3 is 0 Å². The van der Waals surface area contributed by atoms with Crippen LogP contribution in [0.4, 0.5) is 4.39 Å². The lowest BCUT2D eigenvalue weighted by atomic mass is 9.73. The zero-order valence-corrected chi connectivity index (χ0v) is 21.5. The summed E-state index contributed by atoms with van der Waals surface area (Å²) in [5, 5.41) is 10.2. The van der Waals surface area contributed by atoms with E-state index in [1.54, 1.807) is 25.4 Å². The molecule has 1 unspecified atom stereocenters. The first kappa shape index (κ1) is 23.6. The van der Waals surface area contributed by atoms with Gasteiger partial charge in [0.1, 0.15) is 17.5 Å². The van der Waals surface area contributed by atoms with E-state index in [0.717, 1.165) is 11.1 Å². The number of hydrogen-bond donors (Lipinski definition) is 2. The molecule has 4 atom stereocenters. The molecule has 8 heteroatoms.